The lowest BCUT2D eigenvalue weighted by atomic mass is 10.1. The zero-order valence-electron chi connectivity index (χ0n) is 10.1. The van der Waals surface area contributed by atoms with Gasteiger partial charge in [-0.2, -0.15) is 0 Å². The standard InChI is InChI=1S/C15H14O3S/c16-14-9-7-13(8-10-14)15(19(17)18)11-6-12-4-2-1-3-5-12/h1-11,15-16H,(H,17,18). The van der Waals surface area contributed by atoms with Gasteiger partial charge in [0.05, 0.1) is 0 Å². The molecule has 98 valence electrons. The van der Waals surface area contributed by atoms with E-state index in [9.17, 15) is 13.9 Å². The number of hydrogen-bond donors (Lipinski definition) is 2. The van der Waals surface area contributed by atoms with E-state index in [0.717, 1.165) is 5.56 Å². The van der Waals surface area contributed by atoms with Gasteiger partial charge >= 0.3 is 0 Å². The molecule has 0 aliphatic heterocycles. The molecular weight excluding hydrogens is 260 g/mol. The van der Waals surface area contributed by atoms with Gasteiger partial charge in [-0.15, -0.1) is 0 Å². The van der Waals surface area contributed by atoms with Crippen LogP contribution in [0.15, 0.2) is 60.7 Å². The second-order valence-corrected chi connectivity index (χ2v) is 5.12. The molecule has 0 bridgehead atoms. The van der Waals surface area contributed by atoms with E-state index in [2.05, 4.69) is 0 Å². The van der Waals surface area contributed by atoms with Crippen molar-refractivity contribution in [2.45, 2.75) is 5.25 Å². The summed E-state index contributed by atoms with van der Waals surface area (Å²) in [5.41, 5.74) is 1.66. The van der Waals surface area contributed by atoms with Crippen LogP contribution in [0.3, 0.4) is 0 Å². The van der Waals surface area contributed by atoms with Crippen LogP contribution < -0.4 is 0 Å². The number of aromatic hydroxyl groups is 1. The van der Waals surface area contributed by atoms with E-state index in [0.29, 0.717) is 5.56 Å². The lowest BCUT2D eigenvalue weighted by Crippen LogP contribution is -2.02. The van der Waals surface area contributed by atoms with Crippen molar-refractivity contribution in [1.29, 1.82) is 0 Å². The number of hydrogen-bond acceptors (Lipinski definition) is 2. The molecule has 2 N–H and O–H groups in total. The van der Waals surface area contributed by atoms with E-state index in [1.165, 1.54) is 12.1 Å². The first-order valence-corrected chi connectivity index (χ1v) is 6.95. The van der Waals surface area contributed by atoms with Crippen molar-refractivity contribution in [2.75, 3.05) is 0 Å². The molecule has 3 nitrogen and oxygen atoms in total. The van der Waals surface area contributed by atoms with Crippen molar-refractivity contribution in [3.05, 3.63) is 71.8 Å². The van der Waals surface area contributed by atoms with Crippen LogP contribution in [0.1, 0.15) is 16.4 Å². The lowest BCUT2D eigenvalue weighted by molar-refractivity contribution is 0.475. The van der Waals surface area contributed by atoms with Crippen LogP contribution in [-0.2, 0) is 11.1 Å². The average Bonchev–Trinajstić information content (AvgIpc) is 2.42. The minimum atomic E-state index is -2.00. The highest BCUT2D eigenvalue weighted by atomic mass is 32.2. The maximum absolute atomic E-state index is 11.4. The summed E-state index contributed by atoms with van der Waals surface area (Å²) in [6, 6.07) is 15.9. The maximum Gasteiger partial charge on any atom is 0.164 e. The SMILES string of the molecule is O=S(O)C(C=Cc1ccccc1)c1ccc(O)cc1. The van der Waals surface area contributed by atoms with Gasteiger partial charge in [-0.1, -0.05) is 54.6 Å². The van der Waals surface area contributed by atoms with E-state index >= 15 is 0 Å². The Morgan fingerprint density at radius 3 is 2.21 bits per heavy atom. The van der Waals surface area contributed by atoms with E-state index in [-0.39, 0.29) is 5.75 Å². The largest absolute Gasteiger partial charge is 0.508 e. The maximum atomic E-state index is 11.4. The van der Waals surface area contributed by atoms with Crippen LogP contribution in [0.25, 0.3) is 6.08 Å². The molecular formula is C15H14O3S. The van der Waals surface area contributed by atoms with Crippen molar-refractivity contribution in [3.8, 4) is 5.75 Å². The molecule has 0 amide bonds. The van der Waals surface area contributed by atoms with Crippen molar-refractivity contribution < 1.29 is 13.9 Å². The molecule has 0 aliphatic rings. The van der Waals surface area contributed by atoms with Gasteiger partial charge in [-0.25, -0.2) is 4.21 Å². The molecule has 0 saturated carbocycles. The summed E-state index contributed by atoms with van der Waals surface area (Å²) in [4.78, 5) is 0. The number of benzene rings is 2. The summed E-state index contributed by atoms with van der Waals surface area (Å²) in [7, 11) is 0. The molecule has 2 rings (SSSR count). The fourth-order valence-electron chi connectivity index (χ4n) is 1.72. The molecule has 19 heavy (non-hydrogen) atoms. The Kier molecular flexibility index (Phi) is 4.49. The van der Waals surface area contributed by atoms with Crippen LogP contribution >= 0.6 is 0 Å². The van der Waals surface area contributed by atoms with Crippen LogP contribution in [0.4, 0.5) is 0 Å². The second-order valence-electron chi connectivity index (χ2n) is 4.06. The minimum absolute atomic E-state index is 0.137. The second kappa shape index (κ2) is 6.31. The van der Waals surface area contributed by atoms with Crippen molar-refractivity contribution in [2.24, 2.45) is 0 Å². The molecule has 2 atom stereocenters. The van der Waals surface area contributed by atoms with E-state index in [1.54, 1.807) is 18.2 Å². The normalized spacial score (nSPS) is 14.4. The molecule has 0 heterocycles. The van der Waals surface area contributed by atoms with Crippen LogP contribution in [0.2, 0.25) is 0 Å². The monoisotopic (exact) mass is 274 g/mol. The molecule has 0 radical (unpaired) electrons. The summed E-state index contributed by atoms with van der Waals surface area (Å²) in [6.07, 6.45) is 3.50. The minimum Gasteiger partial charge on any atom is -0.508 e. The summed E-state index contributed by atoms with van der Waals surface area (Å²) in [5, 5.41) is 8.62. The first kappa shape index (κ1) is 13.5. The van der Waals surface area contributed by atoms with Crippen molar-refractivity contribution in [1.82, 2.24) is 0 Å². The van der Waals surface area contributed by atoms with Gasteiger partial charge in [-0.05, 0) is 23.3 Å². The van der Waals surface area contributed by atoms with Gasteiger partial charge in [-0.3, -0.25) is 0 Å². The molecule has 0 aromatic heterocycles. The Labute approximate surface area is 114 Å². The first-order valence-electron chi connectivity index (χ1n) is 5.78. The Morgan fingerprint density at radius 1 is 1.00 bits per heavy atom. The highest BCUT2D eigenvalue weighted by molar-refractivity contribution is 7.79. The topological polar surface area (TPSA) is 57.5 Å². The quantitative estimate of drug-likeness (QED) is 0.840. The number of phenols is 1. The van der Waals surface area contributed by atoms with Gasteiger partial charge in [0.2, 0.25) is 0 Å². The zero-order valence-corrected chi connectivity index (χ0v) is 11.0. The number of phenolic OH excluding ortho intramolecular Hbond substituents is 1. The van der Waals surface area contributed by atoms with Crippen LogP contribution in [-0.4, -0.2) is 13.9 Å². The third kappa shape index (κ3) is 3.77. The first-order chi connectivity index (χ1) is 9.16. The molecule has 0 saturated heterocycles. The van der Waals surface area contributed by atoms with Crippen LogP contribution in [0, 0.1) is 0 Å². The van der Waals surface area contributed by atoms with Gasteiger partial charge in [0.15, 0.2) is 11.1 Å². The van der Waals surface area contributed by atoms with E-state index in [1.807, 2.05) is 36.4 Å². The van der Waals surface area contributed by atoms with Gasteiger partial charge in [0.1, 0.15) is 11.0 Å². The average molecular weight is 274 g/mol. The van der Waals surface area contributed by atoms with E-state index in [4.69, 9.17) is 0 Å². The highest BCUT2D eigenvalue weighted by Crippen LogP contribution is 2.23. The predicted octanol–water partition coefficient (Wildman–Crippen LogP) is 3.37. The molecule has 2 aromatic rings. The fraction of sp³-hybridized carbons (Fsp3) is 0.0667. The molecule has 2 aromatic carbocycles. The Morgan fingerprint density at radius 2 is 1.63 bits per heavy atom. The molecule has 0 aliphatic carbocycles. The highest BCUT2D eigenvalue weighted by Gasteiger charge is 2.13. The summed E-state index contributed by atoms with van der Waals surface area (Å²) < 4.78 is 20.8. The van der Waals surface area contributed by atoms with Crippen molar-refractivity contribution in [3.63, 3.8) is 0 Å². The Bertz CT molecular complexity index is 576. The zero-order chi connectivity index (χ0) is 13.7. The Hall–Kier alpha value is -1.91. The van der Waals surface area contributed by atoms with Crippen molar-refractivity contribution >= 4 is 17.2 Å². The molecule has 0 spiro atoms. The van der Waals surface area contributed by atoms with Gasteiger partial charge < -0.3 is 9.66 Å². The van der Waals surface area contributed by atoms with Gasteiger partial charge in [0.25, 0.3) is 0 Å². The van der Waals surface area contributed by atoms with E-state index < -0.39 is 16.3 Å². The fourth-order valence-corrected chi connectivity index (χ4v) is 2.32. The number of rotatable bonds is 4. The Balaban J connectivity index is 2.24. The summed E-state index contributed by atoms with van der Waals surface area (Å²) >= 11 is -2.00. The summed E-state index contributed by atoms with van der Waals surface area (Å²) in [6.45, 7) is 0. The van der Waals surface area contributed by atoms with Gasteiger partial charge in [0, 0.05) is 0 Å². The van der Waals surface area contributed by atoms with Crippen LogP contribution in [0.5, 0.6) is 5.75 Å². The smallest absolute Gasteiger partial charge is 0.164 e. The predicted molar refractivity (Wildman–Crippen MR) is 77.1 cm³/mol. The lowest BCUT2D eigenvalue weighted by Gasteiger charge is -2.08. The molecule has 0 fully saturated rings. The third-order valence-electron chi connectivity index (χ3n) is 2.70. The molecule has 2 unspecified atom stereocenters. The third-order valence-corrected chi connectivity index (χ3v) is 3.57. The molecule has 4 heteroatoms. The summed E-state index contributed by atoms with van der Waals surface area (Å²) in [5.74, 6) is 0.137.